The number of benzene rings is 2. The number of ether oxygens (including phenoxy) is 1. The van der Waals surface area contributed by atoms with E-state index in [1.54, 1.807) is 12.1 Å². The number of phenolic OH excluding ortho intramolecular Hbond substituents is 1. The average Bonchev–Trinajstić information content (AvgIpc) is 3.07. The molecule has 1 heterocycles. The fourth-order valence-electron chi connectivity index (χ4n) is 3.93. The minimum atomic E-state index is -0.00580. The highest BCUT2D eigenvalue weighted by atomic mass is 79.9. The number of phenols is 1. The lowest BCUT2D eigenvalue weighted by molar-refractivity contribution is -0.124. The molecular formula is C24H25BrN2O3S. The number of hydrogen-bond donors (Lipinski definition) is 1. The molecule has 0 atom stereocenters. The maximum absolute atomic E-state index is 13.4. The minimum absolute atomic E-state index is 0.00580. The van der Waals surface area contributed by atoms with Gasteiger partial charge in [-0.1, -0.05) is 37.5 Å². The Morgan fingerprint density at radius 3 is 2.68 bits per heavy atom. The van der Waals surface area contributed by atoms with Crippen LogP contribution in [0.15, 0.2) is 56.8 Å². The first-order valence-corrected chi connectivity index (χ1v) is 12.2. The predicted molar refractivity (Wildman–Crippen MR) is 130 cm³/mol. The quantitative estimate of drug-likeness (QED) is 0.476. The van der Waals surface area contributed by atoms with Crippen molar-refractivity contribution in [2.75, 3.05) is 6.61 Å². The summed E-state index contributed by atoms with van der Waals surface area (Å²) in [5.41, 5.74) is 1.62. The zero-order chi connectivity index (χ0) is 21.8. The van der Waals surface area contributed by atoms with E-state index in [4.69, 9.17) is 9.73 Å². The Bertz CT molecular complexity index is 1020. The first kappa shape index (κ1) is 22.0. The van der Waals surface area contributed by atoms with E-state index in [2.05, 4.69) is 15.9 Å². The fourth-order valence-corrected chi connectivity index (χ4v) is 5.45. The van der Waals surface area contributed by atoms with Gasteiger partial charge in [-0.3, -0.25) is 9.69 Å². The van der Waals surface area contributed by atoms with Crippen molar-refractivity contribution in [3.05, 3.63) is 57.4 Å². The monoisotopic (exact) mass is 500 g/mol. The van der Waals surface area contributed by atoms with Gasteiger partial charge in [-0.25, -0.2) is 4.99 Å². The zero-order valence-corrected chi connectivity index (χ0v) is 19.8. The third-order valence-corrected chi connectivity index (χ3v) is 6.99. The van der Waals surface area contributed by atoms with E-state index in [1.165, 1.54) is 18.2 Å². The molecule has 7 heteroatoms. The van der Waals surface area contributed by atoms with Crippen LogP contribution >= 0.6 is 27.7 Å². The fraction of sp³-hybridized carbons (Fsp3) is 0.333. The summed E-state index contributed by atoms with van der Waals surface area (Å²) >= 11 is 4.79. The highest BCUT2D eigenvalue weighted by Gasteiger charge is 2.38. The second-order valence-corrected chi connectivity index (χ2v) is 9.45. The van der Waals surface area contributed by atoms with Gasteiger partial charge >= 0.3 is 0 Å². The van der Waals surface area contributed by atoms with Gasteiger partial charge in [-0.2, -0.15) is 0 Å². The van der Waals surface area contributed by atoms with Crippen molar-refractivity contribution in [1.82, 2.24) is 4.90 Å². The summed E-state index contributed by atoms with van der Waals surface area (Å²) in [6.45, 7) is 2.31. The second kappa shape index (κ2) is 9.92. The molecule has 5 nitrogen and oxygen atoms in total. The molecule has 1 saturated heterocycles. The molecule has 1 saturated carbocycles. The Labute approximate surface area is 195 Å². The molecule has 2 aliphatic rings. The van der Waals surface area contributed by atoms with Crippen molar-refractivity contribution >= 4 is 50.5 Å². The molecule has 2 fully saturated rings. The highest BCUT2D eigenvalue weighted by Crippen LogP contribution is 2.40. The van der Waals surface area contributed by atoms with Gasteiger partial charge in [0.15, 0.2) is 16.7 Å². The standard InChI is InChI=1S/C24H25BrN2O3S/c1-2-30-20-14-16(13-19(25)22(20)28)15-21-23(29)27(18-11-7-4-8-12-18)24(31-21)26-17-9-5-3-6-10-17/h3,5-6,9-10,13-15,18,28H,2,4,7-8,11-12H2,1H3/b21-15+,26-24?. The van der Waals surface area contributed by atoms with E-state index in [0.29, 0.717) is 21.7 Å². The van der Waals surface area contributed by atoms with Crippen molar-refractivity contribution < 1.29 is 14.6 Å². The van der Waals surface area contributed by atoms with Crippen LogP contribution in [0.4, 0.5) is 5.69 Å². The molecule has 2 aromatic rings. The highest BCUT2D eigenvalue weighted by molar-refractivity contribution is 9.10. The van der Waals surface area contributed by atoms with Gasteiger partial charge in [0.2, 0.25) is 0 Å². The SMILES string of the molecule is CCOc1cc(/C=C2/SC(=Nc3ccccc3)N(C3CCCCC3)C2=O)cc(Br)c1O. The molecular weight excluding hydrogens is 476 g/mol. The van der Waals surface area contributed by atoms with Gasteiger partial charge in [-0.15, -0.1) is 0 Å². The molecule has 1 amide bonds. The summed E-state index contributed by atoms with van der Waals surface area (Å²) < 4.78 is 6.06. The number of para-hydroxylation sites is 1. The molecule has 1 aliphatic heterocycles. The van der Waals surface area contributed by atoms with Crippen molar-refractivity contribution in [3.8, 4) is 11.5 Å². The van der Waals surface area contributed by atoms with Gasteiger partial charge in [0.05, 0.1) is 21.7 Å². The number of aliphatic imine (C=N–C) groups is 1. The van der Waals surface area contributed by atoms with E-state index >= 15 is 0 Å². The number of amides is 1. The van der Waals surface area contributed by atoms with Crippen LogP contribution < -0.4 is 4.74 Å². The molecule has 4 rings (SSSR count). The molecule has 0 bridgehead atoms. The summed E-state index contributed by atoms with van der Waals surface area (Å²) in [6.07, 6.45) is 7.36. The summed E-state index contributed by atoms with van der Waals surface area (Å²) in [5.74, 6) is 0.444. The van der Waals surface area contributed by atoms with Gasteiger partial charge in [0, 0.05) is 6.04 Å². The Hall–Kier alpha value is -2.25. The second-order valence-electron chi connectivity index (χ2n) is 7.59. The maximum Gasteiger partial charge on any atom is 0.267 e. The number of carbonyl (C=O) groups excluding carboxylic acids is 1. The number of aromatic hydroxyl groups is 1. The van der Waals surface area contributed by atoms with Crippen molar-refractivity contribution in [2.24, 2.45) is 4.99 Å². The largest absolute Gasteiger partial charge is 0.503 e. The molecule has 1 aliphatic carbocycles. The lowest BCUT2D eigenvalue weighted by atomic mass is 9.94. The number of rotatable bonds is 5. The summed E-state index contributed by atoms with van der Waals surface area (Å²) in [5, 5.41) is 10.9. The number of thioether (sulfide) groups is 1. The number of amidine groups is 1. The number of hydrogen-bond acceptors (Lipinski definition) is 5. The van der Waals surface area contributed by atoms with Crippen LogP contribution in [0.3, 0.4) is 0 Å². The third kappa shape index (κ3) is 4.99. The average molecular weight is 501 g/mol. The van der Waals surface area contributed by atoms with Crippen molar-refractivity contribution in [1.29, 1.82) is 0 Å². The van der Waals surface area contributed by atoms with Crippen molar-refractivity contribution in [3.63, 3.8) is 0 Å². The zero-order valence-electron chi connectivity index (χ0n) is 17.4. The minimum Gasteiger partial charge on any atom is -0.503 e. The molecule has 1 N–H and O–H groups in total. The molecule has 0 aromatic heterocycles. The number of nitrogens with zero attached hydrogens (tertiary/aromatic N) is 2. The first-order valence-electron chi connectivity index (χ1n) is 10.6. The van der Waals surface area contributed by atoms with E-state index < -0.39 is 0 Å². The Morgan fingerprint density at radius 1 is 1.23 bits per heavy atom. The lowest BCUT2D eigenvalue weighted by Crippen LogP contribution is -2.40. The van der Waals surface area contributed by atoms with E-state index in [0.717, 1.165) is 42.1 Å². The van der Waals surface area contributed by atoms with Crippen LogP contribution in [0.25, 0.3) is 6.08 Å². The maximum atomic E-state index is 13.4. The van der Waals surface area contributed by atoms with Crippen LogP contribution in [-0.2, 0) is 4.79 Å². The molecule has 31 heavy (non-hydrogen) atoms. The lowest BCUT2D eigenvalue weighted by Gasteiger charge is -2.30. The molecule has 0 radical (unpaired) electrons. The van der Waals surface area contributed by atoms with Crippen LogP contribution in [0.2, 0.25) is 0 Å². The Morgan fingerprint density at radius 2 is 1.97 bits per heavy atom. The molecule has 0 spiro atoms. The molecule has 2 aromatic carbocycles. The summed E-state index contributed by atoms with van der Waals surface area (Å²) in [4.78, 5) is 20.8. The molecule has 0 unspecified atom stereocenters. The van der Waals surface area contributed by atoms with Gasteiger partial charge in [0.1, 0.15) is 0 Å². The summed E-state index contributed by atoms with van der Waals surface area (Å²) in [7, 11) is 0. The number of halogens is 1. The topological polar surface area (TPSA) is 62.1 Å². The number of carbonyl (C=O) groups is 1. The van der Waals surface area contributed by atoms with Crippen LogP contribution in [0.1, 0.15) is 44.6 Å². The first-order chi connectivity index (χ1) is 15.1. The van der Waals surface area contributed by atoms with Crippen molar-refractivity contribution in [2.45, 2.75) is 45.1 Å². The third-order valence-electron chi connectivity index (χ3n) is 5.41. The van der Waals surface area contributed by atoms with E-state index in [-0.39, 0.29) is 17.7 Å². The van der Waals surface area contributed by atoms with Gasteiger partial charge < -0.3 is 9.84 Å². The Kier molecular flexibility index (Phi) is 7.02. The van der Waals surface area contributed by atoms with E-state index in [9.17, 15) is 9.90 Å². The van der Waals surface area contributed by atoms with E-state index in [1.807, 2.05) is 48.2 Å². The predicted octanol–water partition coefficient (Wildman–Crippen LogP) is 6.49. The molecule has 162 valence electrons. The Balaban J connectivity index is 1.71. The van der Waals surface area contributed by atoms with Crippen LogP contribution in [0.5, 0.6) is 11.5 Å². The normalized spacial score (nSPS) is 20.1. The van der Waals surface area contributed by atoms with Gasteiger partial charge in [-0.05, 0) is 83.4 Å². The van der Waals surface area contributed by atoms with Crippen LogP contribution in [0, 0.1) is 0 Å². The van der Waals surface area contributed by atoms with Gasteiger partial charge in [0.25, 0.3) is 5.91 Å². The summed E-state index contributed by atoms with van der Waals surface area (Å²) in [6, 6.07) is 13.5. The smallest absolute Gasteiger partial charge is 0.267 e. The van der Waals surface area contributed by atoms with Crippen LogP contribution in [-0.4, -0.2) is 33.7 Å².